The molecule has 1 aromatic carbocycles. The van der Waals surface area contributed by atoms with E-state index < -0.39 is 5.97 Å². The monoisotopic (exact) mass is 389 g/mol. The standard InChI is InChI=1S/C20H27N3O5/c1-21(14-19(25)26)12-17-13-22(7-8-28-17)20(27)16-9-18(24)23(11-16)10-15-5-3-2-4-6-15/h2-6,16-17H,7-14H2,1H3,(H,25,26)/t16-,17+/m1/s1. The molecule has 28 heavy (non-hydrogen) atoms. The molecule has 2 amide bonds. The molecule has 8 nitrogen and oxygen atoms in total. The van der Waals surface area contributed by atoms with E-state index in [9.17, 15) is 14.4 Å². The van der Waals surface area contributed by atoms with Gasteiger partial charge in [-0.3, -0.25) is 19.3 Å². The zero-order valence-corrected chi connectivity index (χ0v) is 16.1. The second-order valence-electron chi connectivity index (χ2n) is 7.53. The number of carboxylic acid groups (broad SMARTS) is 1. The number of ether oxygens (including phenoxy) is 1. The molecule has 0 aromatic heterocycles. The van der Waals surface area contributed by atoms with Crippen LogP contribution in [0.3, 0.4) is 0 Å². The molecule has 2 heterocycles. The van der Waals surface area contributed by atoms with Gasteiger partial charge in [-0.1, -0.05) is 30.3 Å². The number of likely N-dealkylation sites (tertiary alicyclic amines) is 1. The van der Waals surface area contributed by atoms with E-state index in [1.807, 2.05) is 30.3 Å². The van der Waals surface area contributed by atoms with Gasteiger partial charge in [-0.2, -0.15) is 0 Å². The van der Waals surface area contributed by atoms with Gasteiger partial charge in [-0.15, -0.1) is 0 Å². The Balaban J connectivity index is 1.53. The van der Waals surface area contributed by atoms with Crippen LogP contribution < -0.4 is 0 Å². The van der Waals surface area contributed by atoms with E-state index in [2.05, 4.69) is 0 Å². The number of hydrogen-bond donors (Lipinski definition) is 1. The van der Waals surface area contributed by atoms with Crippen LogP contribution in [0.1, 0.15) is 12.0 Å². The summed E-state index contributed by atoms with van der Waals surface area (Å²) in [5, 5.41) is 8.87. The van der Waals surface area contributed by atoms with Crippen LogP contribution in [-0.2, 0) is 25.7 Å². The summed E-state index contributed by atoms with van der Waals surface area (Å²) in [4.78, 5) is 41.3. The number of amides is 2. The maximum atomic E-state index is 12.9. The minimum Gasteiger partial charge on any atom is -0.480 e. The molecule has 2 fully saturated rings. The van der Waals surface area contributed by atoms with Crippen LogP contribution in [0.25, 0.3) is 0 Å². The van der Waals surface area contributed by atoms with Crippen LogP contribution in [0.5, 0.6) is 0 Å². The molecule has 8 heteroatoms. The van der Waals surface area contributed by atoms with Gasteiger partial charge in [0.25, 0.3) is 0 Å². The molecule has 0 aliphatic carbocycles. The topological polar surface area (TPSA) is 90.4 Å². The van der Waals surface area contributed by atoms with Gasteiger partial charge in [0.1, 0.15) is 0 Å². The zero-order chi connectivity index (χ0) is 20.1. The molecule has 0 radical (unpaired) electrons. The largest absolute Gasteiger partial charge is 0.480 e. The van der Waals surface area contributed by atoms with Gasteiger partial charge >= 0.3 is 5.97 Å². The number of carboxylic acids is 1. The van der Waals surface area contributed by atoms with Gasteiger partial charge in [0.15, 0.2) is 0 Å². The predicted octanol–water partition coefficient (Wildman–Crippen LogP) is 0.279. The Morgan fingerprint density at radius 1 is 1.25 bits per heavy atom. The fourth-order valence-corrected chi connectivity index (χ4v) is 3.83. The lowest BCUT2D eigenvalue weighted by atomic mass is 10.1. The fraction of sp³-hybridized carbons (Fsp3) is 0.550. The first-order chi connectivity index (χ1) is 13.4. The van der Waals surface area contributed by atoms with E-state index in [-0.39, 0.29) is 36.8 Å². The molecular weight excluding hydrogens is 362 g/mol. The van der Waals surface area contributed by atoms with Crippen molar-refractivity contribution in [3.05, 3.63) is 35.9 Å². The zero-order valence-electron chi connectivity index (χ0n) is 16.1. The smallest absolute Gasteiger partial charge is 0.317 e. The highest BCUT2D eigenvalue weighted by Crippen LogP contribution is 2.23. The van der Waals surface area contributed by atoms with Crippen LogP contribution in [-0.4, -0.2) is 90.1 Å². The Labute approximate surface area is 164 Å². The number of carbonyl (C=O) groups is 3. The van der Waals surface area contributed by atoms with Crippen molar-refractivity contribution >= 4 is 17.8 Å². The van der Waals surface area contributed by atoms with Gasteiger partial charge in [0.05, 0.1) is 25.2 Å². The summed E-state index contributed by atoms with van der Waals surface area (Å²) in [5.74, 6) is -1.23. The quantitative estimate of drug-likeness (QED) is 0.720. The molecule has 0 spiro atoms. The number of hydrogen-bond acceptors (Lipinski definition) is 5. The third kappa shape index (κ3) is 5.30. The number of aliphatic carboxylic acids is 1. The number of benzene rings is 1. The molecule has 2 aliphatic rings. The molecule has 0 saturated carbocycles. The summed E-state index contributed by atoms with van der Waals surface area (Å²) in [7, 11) is 1.72. The second kappa shape index (κ2) is 9.16. The minimum absolute atomic E-state index is 0.00760. The Hall–Kier alpha value is -2.45. The fourth-order valence-electron chi connectivity index (χ4n) is 3.83. The summed E-state index contributed by atoms with van der Waals surface area (Å²) < 4.78 is 5.69. The van der Waals surface area contributed by atoms with Crippen molar-refractivity contribution in [1.82, 2.24) is 14.7 Å². The summed E-state index contributed by atoms with van der Waals surface area (Å²) in [6.07, 6.45) is 0.0201. The molecule has 3 rings (SSSR count). The van der Waals surface area contributed by atoms with Crippen molar-refractivity contribution in [3.63, 3.8) is 0 Å². The molecule has 2 aliphatic heterocycles. The lowest BCUT2D eigenvalue weighted by molar-refractivity contribution is -0.145. The summed E-state index contributed by atoms with van der Waals surface area (Å²) >= 11 is 0. The molecule has 2 saturated heterocycles. The predicted molar refractivity (Wildman–Crippen MR) is 101 cm³/mol. The van der Waals surface area contributed by atoms with E-state index in [1.54, 1.807) is 21.7 Å². The normalized spacial score (nSPS) is 22.7. The summed E-state index contributed by atoms with van der Waals surface area (Å²) in [6.45, 7) is 2.68. The Morgan fingerprint density at radius 3 is 2.71 bits per heavy atom. The van der Waals surface area contributed by atoms with Crippen molar-refractivity contribution in [2.75, 3.05) is 46.4 Å². The molecular formula is C20H27N3O5. The van der Waals surface area contributed by atoms with E-state index in [1.165, 1.54) is 0 Å². The third-order valence-electron chi connectivity index (χ3n) is 5.15. The van der Waals surface area contributed by atoms with Crippen LogP contribution in [0.15, 0.2) is 30.3 Å². The van der Waals surface area contributed by atoms with Crippen molar-refractivity contribution < 1.29 is 24.2 Å². The van der Waals surface area contributed by atoms with Crippen molar-refractivity contribution in [2.24, 2.45) is 5.92 Å². The van der Waals surface area contributed by atoms with Crippen LogP contribution in [0, 0.1) is 5.92 Å². The third-order valence-corrected chi connectivity index (χ3v) is 5.15. The number of likely N-dealkylation sites (N-methyl/N-ethyl adjacent to an activating group) is 1. The number of morpholine rings is 1. The van der Waals surface area contributed by atoms with Crippen molar-refractivity contribution in [2.45, 2.75) is 19.1 Å². The highest BCUT2D eigenvalue weighted by molar-refractivity contribution is 5.89. The van der Waals surface area contributed by atoms with Crippen LogP contribution in [0.2, 0.25) is 0 Å². The van der Waals surface area contributed by atoms with E-state index in [4.69, 9.17) is 9.84 Å². The van der Waals surface area contributed by atoms with Gasteiger partial charge in [-0.25, -0.2) is 0 Å². The van der Waals surface area contributed by atoms with Crippen molar-refractivity contribution in [3.8, 4) is 0 Å². The van der Waals surface area contributed by atoms with E-state index >= 15 is 0 Å². The first-order valence-electron chi connectivity index (χ1n) is 9.55. The minimum atomic E-state index is -0.894. The first kappa shape index (κ1) is 20.3. The summed E-state index contributed by atoms with van der Waals surface area (Å²) in [5.41, 5.74) is 1.05. The lowest BCUT2D eigenvalue weighted by Crippen LogP contribution is -2.51. The molecule has 0 unspecified atom stereocenters. The number of rotatable bonds is 7. The maximum Gasteiger partial charge on any atom is 0.317 e. The van der Waals surface area contributed by atoms with Gasteiger partial charge < -0.3 is 19.6 Å². The first-order valence-corrected chi connectivity index (χ1v) is 9.55. The van der Waals surface area contributed by atoms with E-state index in [0.717, 1.165) is 5.56 Å². The average molecular weight is 389 g/mol. The van der Waals surface area contributed by atoms with Gasteiger partial charge in [-0.05, 0) is 12.6 Å². The second-order valence-corrected chi connectivity index (χ2v) is 7.53. The molecule has 2 atom stereocenters. The Kier molecular flexibility index (Phi) is 6.64. The average Bonchev–Trinajstić information content (AvgIpc) is 3.02. The molecule has 1 aromatic rings. The Morgan fingerprint density at radius 2 is 2.00 bits per heavy atom. The van der Waals surface area contributed by atoms with Gasteiger partial charge in [0, 0.05) is 39.1 Å². The number of nitrogens with zero attached hydrogens (tertiary/aromatic N) is 3. The maximum absolute atomic E-state index is 12.9. The highest BCUT2D eigenvalue weighted by atomic mass is 16.5. The SMILES string of the molecule is CN(CC(=O)O)C[C@H]1CN(C(=O)[C@@H]2CC(=O)N(Cc3ccccc3)C2)CCO1. The molecule has 152 valence electrons. The molecule has 1 N–H and O–H groups in total. The number of carbonyl (C=O) groups excluding carboxylic acids is 2. The van der Waals surface area contributed by atoms with Crippen LogP contribution >= 0.6 is 0 Å². The van der Waals surface area contributed by atoms with Crippen LogP contribution in [0.4, 0.5) is 0 Å². The summed E-state index contributed by atoms with van der Waals surface area (Å²) in [6, 6.07) is 9.76. The molecule has 0 bridgehead atoms. The van der Waals surface area contributed by atoms with Gasteiger partial charge in [0.2, 0.25) is 11.8 Å². The van der Waals surface area contributed by atoms with E-state index in [0.29, 0.717) is 39.3 Å². The lowest BCUT2D eigenvalue weighted by Gasteiger charge is -2.35. The Bertz CT molecular complexity index is 711. The van der Waals surface area contributed by atoms with Crippen molar-refractivity contribution in [1.29, 1.82) is 0 Å². The highest BCUT2D eigenvalue weighted by Gasteiger charge is 2.38.